The summed E-state index contributed by atoms with van der Waals surface area (Å²) in [6, 6.07) is 11.2. The van der Waals surface area contributed by atoms with E-state index in [4.69, 9.17) is 12.2 Å². The molecule has 118 valence electrons. The minimum absolute atomic E-state index is 0.00198. The molecule has 0 bridgehead atoms. The Bertz CT molecular complexity index is 778. The number of aryl methyl sites for hydroxylation is 1. The molecule has 0 aliphatic heterocycles. The van der Waals surface area contributed by atoms with E-state index in [9.17, 15) is 14.9 Å². The summed E-state index contributed by atoms with van der Waals surface area (Å²) >= 11 is 8.39. The van der Waals surface area contributed by atoms with Crippen LogP contribution in [0.2, 0.25) is 0 Å². The lowest BCUT2D eigenvalue weighted by molar-refractivity contribution is -0.384. The lowest BCUT2D eigenvalue weighted by atomic mass is 10.2. The van der Waals surface area contributed by atoms with E-state index in [-0.39, 0.29) is 16.7 Å². The molecule has 23 heavy (non-hydrogen) atoms. The van der Waals surface area contributed by atoms with E-state index in [1.807, 2.05) is 0 Å². The molecule has 0 aromatic heterocycles. The molecule has 2 aromatic rings. The maximum Gasteiger partial charge on any atom is 0.269 e. The van der Waals surface area contributed by atoms with Gasteiger partial charge in [-0.15, -0.1) is 0 Å². The zero-order valence-corrected chi connectivity index (χ0v) is 14.4. The van der Waals surface area contributed by atoms with Crippen molar-refractivity contribution in [2.75, 3.05) is 5.32 Å². The number of carbonyl (C=O) groups excluding carboxylic acids is 1. The minimum atomic E-state index is -0.468. The molecule has 0 saturated carbocycles. The molecular weight excluding hydrogens is 382 g/mol. The van der Waals surface area contributed by atoms with Gasteiger partial charge in [-0.3, -0.25) is 20.2 Å². The lowest BCUT2D eigenvalue weighted by Crippen LogP contribution is -2.34. The fraction of sp³-hybridized carbons (Fsp3) is 0.0667. The SMILES string of the molecule is Cc1cc([N+](=O)[O-])ccc1NC(=S)NC(=O)c1ccc(Br)cc1. The molecular formula is C15H12BrN3O3S. The molecule has 8 heteroatoms. The zero-order chi connectivity index (χ0) is 17.0. The van der Waals surface area contributed by atoms with Crippen LogP contribution in [0.1, 0.15) is 15.9 Å². The lowest BCUT2D eigenvalue weighted by Gasteiger charge is -2.11. The molecule has 0 aliphatic rings. The number of carbonyl (C=O) groups is 1. The van der Waals surface area contributed by atoms with Crippen LogP contribution in [0.15, 0.2) is 46.9 Å². The van der Waals surface area contributed by atoms with E-state index < -0.39 is 4.92 Å². The Morgan fingerprint density at radius 3 is 2.43 bits per heavy atom. The molecule has 0 spiro atoms. The van der Waals surface area contributed by atoms with Crippen LogP contribution in [0, 0.1) is 17.0 Å². The summed E-state index contributed by atoms with van der Waals surface area (Å²) in [5, 5.41) is 16.2. The number of hydrogen-bond donors (Lipinski definition) is 2. The molecule has 2 N–H and O–H groups in total. The molecule has 0 radical (unpaired) electrons. The van der Waals surface area contributed by atoms with Crippen molar-refractivity contribution in [3.05, 3.63) is 68.2 Å². The van der Waals surface area contributed by atoms with E-state index in [0.29, 0.717) is 16.8 Å². The van der Waals surface area contributed by atoms with E-state index in [0.717, 1.165) is 4.47 Å². The Morgan fingerprint density at radius 1 is 1.22 bits per heavy atom. The number of amides is 1. The summed E-state index contributed by atoms with van der Waals surface area (Å²) < 4.78 is 0.872. The van der Waals surface area contributed by atoms with Crippen LogP contribution in [0.5, 0.6) is 0 Å². The Balaban J connectivity index is 2.03. The standard InChI is InChI=1S/C15H12BrN3O3S/c1-9-8-12(19(21)22)6-7-13(9)17-15(23)18-14(20)10-2-4-11(16)5-3-10/h2-8H,1H3,(H2,17,18,20,23). The number of thiocarbonyl (C=S) groups is 1. The first-order chi connectivity index (χ1) is 10.9. The first-order valence-corrected chi connectivity index (χ1v) is 7.70. The number of halogens is 1. The van der Waals surface area contributed by atoms with Gasteiger partial charge in [0.2, 0.25) is 0 Å². The van der Waals surface area contributed by atoms with Crippen molar-refractivity contribution in [3.8, 4) is 0 Å². The molecule has 0 fully saturated rings. The largest absolute Gasteiger partial charge is 0.332 e. The predicted molar refractivity (Wildman–Crippen MR) is 95.7 cm³/mol. The van der Waals surface area contributed by atoms with Crippen LogP contribution in [-0.2, 0) is 0 Å². The van der Waals surface area contributed by atoms with E-state index in [1.165, 1.54) is 12.1 Å². The van der Waals surface area contributed by atoms with Gasteiger partial charge < -0.3 is 5.32 Å². The van der Waals surface area contributed by atoms with Crippen molar-refractivity contribution in [1.82, 2.24) is 5.32 Å². The number of benzene rings is 2. The fourth-order valence-corrected chi connectivity index (χ4v) is 2.30. The second kappa shape index (κ2) is 7.30. The topological polar surface area (TPSA) is 84.3 Å². The number of nitrogens with one attached hydrogen (secondary N) is 2. The highest BCUT2D eigenvalue weighted by Gasteiger charge is 2.11. The van der Waals surface area contributed by atoms with Crippen LogP contribution >= 0.6 is 28.1 Å². The van der Waals surface area contributed by atoms with Gasteiger partial charge in [0.25, 0.3) is 11.6 Å². The maximum atomic E-state index is 12.0. The number of hydrogen-bond acceptors (Lipinski definition) is 4. The van der Waals surface area contributed by atoms with Crippen LogP contribution in [-0.4, -0.2) is 15.9 Å². The van der Waals surface area contributed by atoms with Gasteiger partial charge >= 0.3 is 0 Å². The minimum Gasteiger partial charge on any atom is -0.332 e. The highest BCUT2D eigenvalue weighted by Crippen LogP contribution is 2.21. The summed E-state index contributed by atoms with van der Waals surface area (Å²) in [5.41, 5.74) is 1.71. The average Bonchev–Trinajstić information content (AvgIpc) is 2.49. The predicted octanol–water partition coefficient (Wildman–Crippen LogP) is 3.79. The van der Waals surface area contributed by atoms with Gasteiger partial charge in [-0.2, -0.15) is 0 Å². The first-order valence-electron chi connectivity index (χ1n) is 6.50. The molecule has 0 unspecified atom stereocenters. The zero-order valence-electron chi connectivity index (χ0n) is 12.0. The summed E-state index contributed by atoms with van der Waals surface area (Å²) in [5.74, 6) is -0.338. The van der Waals surface area contributed by atoms with Crippen molar-refractivity contribution < 1.29 is 9.72 Å². The molecule has 2 aromatic carbocycles. The van der Waals surface area contributed by atoms with E-state index in [1.54, 1.807) is 37.3 Å². The van der Waals surface area contributed by atoms with Crippen LogP contribution < -0.4 is 10.6 Å². The van der Waals surface area contributed by atoms with Crippen molar-refractivity contribution in [1.29, 1.82) is 0 Å². The van der Waals surface area contributed by atoms with Gasteiger partial charge in [-0.05, 0) is 55.0 Å². The fourth-order valence-electron chi connectivity index (χ4n) is 1.83. The van der Waals surface area contributed by atoms with Gasteiger partial charge in [-0.25, -0.2) is 0 Å². The van der Waals surface area contributed by atoms with Crippen molar-refractivity contribution >= 4 is 50.5 Å². The third kappa shape index (κ3) is 4.57. The van der Waals surface area contributed by atoms with Gasteiger partial charge in [0, 0.05) is 27.9 Å². The number of rotatable bonds is 3. The highest BCUT2D eigenvalue weighted by molar-refractivity contribution is 9.10. The third-order valence-electron chi connectivity index (χ3n) is 3.00. The number of nitrogens with zero attached hydrogens (tertiary/aromatic N) is 1. The molecule has 0 aliphatic carbocycles. The summed E-state index contributed by atoms with van der Waals surface area (Å²) in [7, 11) is 0. The normalized spacial score (nSPS) is 10.0. The van der Waals surface area contributed by atoms with E-state index in [2.05, 4.69) is 26.6 Å². The second-order valence-electron chi connectivity index (χ2n) is 4.67. The summed E-state index contributed by atoms with van der Waals surface area (Å²) in [6.45, 7) is 1.72. The van der Waals surface area contributed by atoms with Gasteiger partial charge in [0.05, 0.1) is 4.92 Å². The average molecular weight is 394 g/mol. The van der Waals surface area contributed by atoms with Crippen molar-refractivity contribution in [2.24, 2.45) is 0 Å². The van der Waals surface area contributed by atoms with Crippen molar-refractivity contribution in [3.63, 3.8) is 0 Å². The van der Waals surface area contributed by atoms with Crippen LogP contribution in [0.3, 0.4) is 0 Å². The number of non-ortho nitro benzene ring substituents is 1. The quantitative estimate of drug-likeness (QED) is 0.470. The number of anilines is 1. The van der Waals surface area contributed by atoms with Gasteiger partial charge in [-0.1, -0.05) is 15.9 Å². The van der Waals surface area contributed by atoms with E-state index >= 15 is 0 Å². The Kier molecular flexibility index (Phi) is 5.41. The third-order valence-corrected chi connectivity index (χ3v) is 3.74. The smallest absolute Gasteiger partial charge is 0.269 e. The molecule has 0 atom stereocenters. The van der Waals surface area contributed by atoms with Gasteiger partial charge in [0.15, 0.2) is 5.11 Å². The Morgan fingerprint density at radius 2 is 1.87 bits per heavy atom. The number of nitro groups is 1. The van der Waals surface area contributed by atoms with Gasteiger partial charge in [0.1, 0.15) is 0 Å². The summed E-state index contributed by atoms with van der Waals surface area (Å²) in [4.78, 5) is 22.3. The molecule has 0 saturated heterocycles. The van der Waals surface area contributed by atoms with Crippen LogP contribution in [0.4, 0.5) is 11.4 Å². The molecule has 6 nitrogen and oxygen atoms in total. The molecule has 1 amide bonds. The molecule has 0 heterocycles. The monoisotopic (exact) mass is 393 g/mol. The maximum absolute atomic E-state index is 12.0. The summed E-state index contributed by atoms with van der Waals surface area (Å²) in [6.07, 6.45) is 0. The Hall–Kier alpha value is -2.32. The van der Waals surface area contributed by atoms with Crippen LogP contribution in [0.25, 0.3) is 0 Å². The van der Waals surface area contributed by atoms with Crippen molar-refractivity contribution in [2.45, 2.75) is 6.92 Å². The first kappa shape index (κ1) is 17.0. The second-order valence-corrected chi connectivity index (χ2v) is 6.00. The Labute approximate surface area is 146 Å². The highest BCUT2D eigenvalue weighted by atomic mass is 79.9. The number of nitro benzene ring substituents is 1. The molecule has 2 rings (SSSR count).